The Hall–Kier alpha value is -0.0800. The Morgan fingerprint density at radius 3 is 2.46 bits per heavy atom. The Kier molecular flexibility index (Phi) is 2.89. The zero-order valence-electron chi connectivity index (χ0n) is 8.30. The molecule has 2 rings (SSSR count). The summed E-state index contributed by atoms with van der Waals surface area (Å²) in [5, 5.41) is 8.95. The van der Waals surface area contributed by atoms with E-state index in [-0.39, 0.29) is 12.7 Å². The van der Waals surface area contributed by atoms with E-state index in [4.69, 9.17) is 9.84 Å². The summed E-state index contributed by atoms with van der Waals surface area (Å²) in [5.74, 6) is 0. The second kappa shape index (κ2) is 3.97. The van der Waals surface area contributed by atoms with Crippen LogP contribution in [0.4, 0.5) is 0 Å². The molecule has 0 amide bonds. The van der Waals surface area contributed by atoms with E-state index in [1.807, 2.05) is 0 Å². The van der Waals surface area contributed by atoms with Crippen molar-refractivity contribution in [2.24, 2.45) is 5.41 Å². The first-order chi connectivity index (χ1) is 6.35. The molecule has 0 aromatic carbocycles. The van der Waals surface area contributed by atoms with Gasteiger partial charge in [0.05, 0.1) is 19.3 Å². The highest BCUT2D eigenvalue weighted by molar-refractivity contribution is 4.86. The highest BCUT2D eigenvalue weighted by Gasteiger charge is 2.36. The molecule has 2 aliphatic rings. The Labute approximate surface area is 80.3 Å². The van der Waals surface area contributed by atoms with E-state index in [1.165, 1.54) is 38.5 Å². The largest absolute Gasteiger partial charge is 0.394 e. The van der Waals surface area contributed by atoms with E-state index < -0.39 is 0 Å². The molecule has 1 unspecified atom stereocenters. The maximum atomic E-state index is 8.95. The third-order valence-corrected chi connectivity index (χ3v) is 3.74. The highest BCUT2D eigenvalue weighted by Crippen LogP contribution is 2.43. The lowest BCUT2D eigenvalue weighted by Crippen LogP contribution is -2.38. The predicted molar refractivity (Wildman–Crippen MR) is 51.6 cm³/mol. The second-order valence-corrected chi connectivity index (χ2v) is 4.71. The molecule has 0 aromatic heterocycles. The summed E-state index contributed by atoms with van der Waals surface area (Å²) in [6.07, 6.45) is 9.35. The molecule has 1 spiro atoms. The zero-order chi connectivity index (χ0) is 9.15. The minimum Gasteiger partial charge on any atom is -0.394 e. The van der Waals surface area contributed by atoms with Crippen LogP contribution in [0.1, 0.15) is 44.9 Å². The van der Waals surface area contributed by atoms with Crippen molar-refractivity contribution < 1.29 is 9.84 Å². The molecule has 1 N–H and O–H groups in total. The SMILES string of the molecule is OCC1CCC2(CCCCC2)CO1. The fourth-order valence-corrected chi connectivity index (χ4v) is 2.76. The predicted octanol–water partition coefficient (Wildman–Crippen LogP) is 2.11. The smallest absolute Gasteiger partial charge is 0.0806 e. The molecular formula is C11H20O2. The number of hydrogen-bond donors (Lipinski definition) is 1. The Balaban J connectivity index is 1.87. The lowest BCUT2D eigenvalue weighted by molar-refractivity contribution is -0.0932. The molecule has 2 fully saturated rings. The molecule has 1 aliphatic carbocycles. The van der Waals surface area contributed by atoms with Crippen molar-refractivity contribution in [1.29, 1.82) is 0 Å². The van der Waals surface area contributed by atoms with E-state index in [0.717, 1.165) is 13.0 Å². The van der Waals surface area contributed by atoms with Gasteiger partial charge in [-0.2, -0.15) is 0 Å². The Morgan fingerprint density at radius 2 is 1.92 bits per heavy atom. The third-order valence-electron chi connectivity index (χ3n) is 3.74. The van der Waals surface area contributed by atoms with Gasteiger partial charge in [-0.05, 0) is 31.1 Å². The summed E-state index contributed by atoms with van der Waals surface area (Å²) in [6.45, 7) is 1.11. The van der Waals surface area contributed by atoms with Gasteiger partial charge in [-0.15, -0.1) is 0 Å². The van der Waals surface area contributed by atoms with Gasteiger partial charge in [0, 0.05) is 0 Å². The van der Waals surface area contributed by atoms with Gasteiger partial charge in [0.25, 0.3) is 0 Å². The van der Waals surface area contributed by atoms with Crippen LogP contribution >= 0.6 is 0 Å². The maximum absolute atomic E-state index is 8.95. The molecule has 2 nitrogen and oxygen atoms in total. The lowest BCUT2D eigenvalue weighted by atomic mass is 9.70. The molecular weight excluding hydrogens is 164 g/mol. The van der Waals surface area contributed by atoms with E-state index in [1.54, 1.807) is 0 Å². The van der Waals surface area contributed by atoms with E-state index in [0.29, 0.717) is 5.41 Å². The fourth-order valence-electron chi connectivity index (χ4n) is 2.76. The summed E-state index contributed by atoms with van der Waals surface area (Å²) >= 11 is 0. The molecule has 1 saturated heterocycles. The molecule has 0 bridgehead atoms. The van der Waals surface area contributed by atoms with Gasteiger partial charge in [0.2, 0.25) is 0 Å². The Bertz CT molecular complexity index is 151. The number of aliphatic hydroxyl groups is 1. The van der Waals surface area contributed by atoms with Crippen LogP contribution in [-0.4, -0.2) is 24.4 Å². The number of hydrogen-bond acceptors (Lipinski definition) is 2. The van der Waals surface area contributed by atoms with Crippen LogP contribution in [0.2, 0.25) is 0 Å². The minimum atomic E-state index is 0.132. The van der Waals surface area contributed by atoms with E-state index >= 15 is 0 Å². The molecule has 0 aromatic rings. The number of aliphatic hydroxyl groups excluding tert-OH is 1. The van der Waals surface area contributed by atoms with Crippen molar-refractivity contribution in [3.05, 3.63) is 0 Å². The van der Waals surface area contributed by atoms with Crippen molar-refractivity contribution in [2.75, 3.05) is 13.2 Å². The molecule has 2 heteroatoms. The van der Waals surface area contributed by atoms with Crippen molar-refractivity contribution >= 4 is 0 Å². The molecule has 0 radical (unpaired) electrons. The summed E-state index contributed by atoms with van der Waals surface area (Å²) in [5.41, 5.74) is 0.504. The second-order valence-electron chi connectivity index (χ2n) is 4.71. The summed E-state index contributed by atoms with van der Waals surface area (Å²) in [6, 6.07) is 0. The normalized spacial score (nSPS) is 33.5. The fraction of sp³-hybridized carbons (Fsp3) is 1.00. The van der Waals surface area contributed by atoms with Gasteiger partial charge in [0.15, 0.2) is 0 Å². The van der Waals surface area contributed by atoms with Crippen molar-refractivity contribution in [3.63, 3.8) is 0 Å². The first-order valence-corrected chi connectivity index (χ1v) is 5.57. The van der Waals surface area contributed by atoms with Gasteiger partial charge < -0.3 is 9.84 Å². The van der Waals surface area contributed by atoms with Crippen LogP contribution in [0.3, 0.4) is 0 Å². The van der Waals surface area contributed by atoms with E-state index in [2.05, 4.69) is 0 Å². The summed E-state index contributed by atoms with van der Waals surface area (Å²) in [4.78, 5) is 0. The first kappa shape index (κ1) is 9.47. The maximum Gasteiger partial charge on any atom is 0.0806 e. The average Bonchev–Trinajstić information content (AvgIpc) is 2.20. The Morgan fingerprint density at radius 1 is 1.15 bits per heavy atom. The zero-order valence-corrected chi connectivity index (χ0v) is 8.30. The molecule has 1 heterocycles. The van der Waals surface area contributed by atoms with Crippen LogP contribution in [0, 0.1) is 5.41 Å². The first-order valence-electron chi connectivity index (χ1n) is 5.57. The number of rotatable bonds is 1. The van der Waals surface area contributed by atoms with Crippen molar-refractivity contribution in [3.8, 4) is 0 Å². The van der Waals surface area contributed by atoms with Crippen LogP contribution < -0.4 is 0 Å². The monoisotopic (exact) mass is 184 g/mol. The molecule has 76 valence electrons. The van der Waals surface area contributed by atoms with Crippen LogP contribution in [0.25, 0.3) is 0 Å². The summed E-state index contributed by atoms with van der Waals surface area (Å²) in [7, 11) is 0. The minimum absolute atomic E-state index is 0.132. The topological polar surface area (TPSA) is 29.5 Å². The van der Waals surface area contributed by atoms with Crippen molar-refractivity contribution in [2.45, 2.75) is 51.0 Å². The quantitative estimate of drug-likeness (QED) is 0.676. The molecule has 13 heavy (non-hydrogen) atoms. The summed E-state index contributed by atoms with van der Waals surface area (Å²) < 4.78 is 5.67. The van der Waals surface area contributed by atoms with Crippen LogP contribution in [-0.2, 0) is 4.74 Å². The van der Waals surface area contributed by atoms with Crippen molar-refractivity contribution in [1.82, 2.24) is 0 Å². The molecule has 1 saturated carbocycles. The van der Waals surface area contributed by atoms with Gasteiger partial charge in [0.1, 0.15) is 0 Å². The van der Waals surface area contributed by atoms with E-state index in [9.17, 15) is 0 Å². The van der Waals surface area contributed by atoms with Crippen LogP contribution in [0.15, 0.2) is 0 Å². The standard InChI is InChI=1S/C11H20O2/c12-8-10-4-7-11(9-13-10)5-2-1-3-6-11/h10,12H,1-9H2. The van der Waals surface area contributed by atoms with Gasteiger partial charge in [-0.1, -0.05) is 19.3 Å². The van der Waals surface area contributed by atoms with Crippen LogP contribution in [0.5, 0.6) is 0 Å². The highest BCUT2D eigenvalue weighted by atomic mass is 16.5. The molecule has 1 aliphatic heterocycles. The van der Waals surface area contributed by atoms with Gasteiger partial charge >= 0.3 is 0 Å². The lowest BCUT2D eigenvalue weighted by Gasteiger charge is -2.42. The average molecular weight is 184 g/mol. The molecule has 1 atom stereocenters. The van der Waals surface area contributed by atoms with Gasteiger partial charge in [-0.25, -0.2) is 0 Å². The third kappa shape index (κ3) is 2.05. The van der Waals surface area contributed by atoms with Gasteiger partial charge in [-0.3, -0.25) is 0 Å². The number of ether oxygens (including phenoxy) is 1.